The molecule has 0 atom stereocenters. The first-order valence-corrected chi connectivity index (χ1v) is 7.93. The van der Waals surface area contributed by atoms with Crippen LogP contribution in [0.1, 0.15) is 19.7 Å². The Balaban J connectivity index is 1.83. The van der Waals surface area contributed by atoms with Crippen molar-refractivity contribution in [1.82, 2.24) is 4.98 Å². The second-order valence-electron chi connectivity index (χ2n) is 6.06. The van der Waals surface area contributed by atoms with Gasteiger partial charge >= 0.3 is 0 Å². The van der Waals surface area contributed by atoms with E-state index < -0.39 is 0 Å². The van der Waals surface area contributed by atoms with Crippen molar-refractivity contribution >= 4 is 11.0 Å². The molecule has 0 unspecified atom stereocenters. The smallest absolute Gasteiger partial charge is 0.293 e. The van der Waals surface area contributed by atoms with Gasteiger partial charge in [0, 0.05) is 0 Å². The number of nitrogens with zero attached hydrogens (tertiary/aromatic N) is 1. The van der Waals surface area contributed by atoms with Crippen LogP contribution >= 0.6 is 0 Å². The lowest BCUT2D eigenvalue weighted by Crippen LogP contribution is -2.40. The minimum absolute atomic E-state index is 0.508. The first-order chi connectivity index (χ1) is 11.2. The molecule has 1 N–H and O–H groups in total. The van der Waals surface area contributed by atoms with Gasteiger partial charge in [-0.3, -0.25) is 0 Å². The number of imidazole rings is 1. The van der Waals surface area contributed by atoms with Crippen molar-refractivity contribution in [3.05, 3.63) is 54.4 Å². The lowest BCUT2D eigenvalue weighted by atomic mass is 10.2. The van der Waals surface area contributed by atoms with Gasteiger partial charge in [0.2, 0.25) is 0 Å². The SMILES string of the molecule is COc1ccc(OCc2[nH]c3ccccc3[n+]2CC(C)C)cc1. The van der Waals surface area contributed by atoms with Gasteiger partial charge in [0.05, 0.1) is 13.7 Å². The van der Waals surface area contributed by atoms with Crippen LogP contribution < -0.4 is 14.0 Å². The maximum absolute atomic E-state index is 5.94. The molecule has 120 valence electrons. The summed E-state index contributed by atoms with van der Waals surface area (Å²) in [6, 6.07) is 16.0. The number of fused-ring (bicyclic) bond motifs is 1. The van der Waals surface area contributed by atoms with Crippen molar-refractivity contribution in [1.29, 1.82) is 0 Å². The van der Waals surface area contributed by atoms with Crippen molar-refractivity contribution in [3.8, 4) is 11.5 Å². The van der Waals surface area contributed by atoms with Gasteiger partial charge in [0.1, 0.15) is 11.5 Å². The van der Waals surface area contributed by atoms with Crippen LogP contribution in [-0.4, -0.2) is 12.1 Å². The zero-order valence-corrected chi connectivity index (χ0v) is 13.9. The third-order valence-corrected chi connectivity index (χ3v) is 3.78. The number of para-hydroxylation sites is 2. The number of ether oxygens (including phenoxy) is 2. The molecular formula is C19H23N2O2+. The van der Waals surface area contributed by atoms with Crippen molar-refractivity contribution in [2.24, 2.45) is 5.92 Å². The molecule has 0 aliphatic heterocycles. The molecule has 0 aliphatic carbocycles. The van der Waals surface area contributed by atoms with Crippen LogP contribution in [-0.2, 0) is 13.2 Å². The zero-order valence-electron chi connectivity index (χ0n) is 13.9. The Bertz CT molecular complexity index is 776. The number of H-pyrrole nitrogens is 1. The molecule has 0 saturated carbocycles. The number of benzene rings is 2. The summed E-state index contributed by atoms with van der Waals surface area (Å²) in [5.74, 6) is 3.31. The fourth-order valence-electron chi connectivity index (χ4n) is 2.69. The van der Waals surface area contributed by atoms with Crippen LogP contribution in [0.3, 0.4) is 0 Å². The normalized spacial score (nSPS) is 11.1. The van der Waals surface area contributed by atoms with E-state index in [-0.39, 0.29) is 0 Å². The molecule has 4 nitrogen and oxygen atoms in total. The van der Waals surface area contributed by atoms with Crippen LogP contribution in [0.4, 0.5) is 0 Å². The number of hydrogen-bond donors (Lipinski definition) is 1. The Labute approximate surface area is 136 Å². The largest absolute Gasteiger partial charge is 0.497 e. The van der Waals surface area contributed by atoms with Crippen molar-refractivity contribution in [2.45, 2.75) is 27.0 Å². The molecule has 0 bridgehead atoms. The number of rotatable bonds is 6. The Morgan fingerprint density at radius 2 is 1.70 bits per heavy atom. The molecule has 1 aromatic heterocycles. The van der Waals surface area contributed by atoms with E-state index in [1.54, 1.807) is 7.11 Å². The summed E-state index contributed by atoms with van der Waals surface area (Å²) in [6.45, 7) is 5.92. The molecule has 1 heterocycles. The molecule has 0 amide bonds. The molecule has 2 aromatic carbocycles. The van der Waals surface area contributed by atoms with E-state index in [1.165, 1.54) is 5.52 Å². The van der Waals surface area contributed by atoms with Gasteiger partial charge < -0.3 is 9.47 Å². The van der Waals surface area contributed by atoms with Crippen molar-refractivity contribution in [3.63, 3.8) is 0 Å². The molecule has 4 heteroatoms. The van der Waals surface area contributed by atoms with E-state index >= 15 is 0 Å². The standard InChI is InChI=1S/C19H22N2O2/c1-14(2)12-21-18-7-5-4-6-17(18)20-19(21)13-23-16-10-8-15(22-3)9-11-16/h4-11,14H,12-13H2,1-3H3/p+1. The van der Waals surface area contributed by atoms with Gasteiger partial charge in [-0.2, -0.15) is 0 Å². The molecule has 23 heavy (non-hydrogen) atoms. The molecule has 0 saturated heterocycles. The highest BCUT2D eigenvalue weighted by Gasteiger charge is 2.19. The third kappa shape index (κ3) is 3.47. The summed E-state index contributed by atoms with van der Waals surface area (Å²) >= 11 is 0. The van der Waals surface area contributed by atoms with Crippen LogP contribution in [0, 0.1) is 5.92 Å². The fourth-order valence-corrected chi connectivity index (χ4v) is 2.69. The van der Waals surface area contributed by atoms with E-state index in [2.05, 4.69) is 41.6 Å². The second-order valence-corrected chi connectivity index (χ2v) is 6.06. The van der Waals surface area contributed by atoms with E-state index in [0.29, 0.717) is 12.5 Å². The molecule has 3 aromatic rings. The second kappa shape index (κ2) is 6.73. The monoisotopic (exact) mass is 311 g/mol. The summed E-state index contributed by atoms with van der Waals surface area (Å²) in [5, 5.41) is 0. The topological polar surface area (TPSA) is 38.1 Å². The fraction of sp³-hybridized carbons (Fsp3) is 0.316. The highest BCUT2D eigenvalue weighted by molar-refractivity contribution is 5.71. The first-order valence-electron chi connectivity index (χ1n) is 7.93. The quantitative estimate of drug-likeness (QED) is 0.705. The lowest BCUT2D eigenvalue weighted by molar-refractivity contribution is -0.685. The van der Waals surface area contributed by atoms with Gasteiger partial charge in [0.25, 0.3) is 5.82 Å². The first kappa shape index (κ1) is 15.4. The summed E-state index contributed by atoms with van der Waals surface area (Å²) in [6.07, 6.45) is 0. The van der Waals surface area contributed by atoms with Gasteiger partial charge in [-0.25, -0.2) is 9.55 Å². The van der Waals surface area contributed by atoms with Crippen LogP contribution in [0.25, 0.3) is 11.0 Å². The summed E-state index contributed by atoms with van der Waals surface area (Å²) in [4.78, 5) is 3.48. The third-order valence-electron chi connectivity index (χ3n) is 3.78. The highest BCUT2D eigenvalue weighted by atomic mass is 16.5. The molecule has 0 spiro atoms. The summed E-state index contributed by atoms with van der Waals surface area (Å²) in [7, 11) is 1.66. The highest BCUT2D eigenvalue weighted by Crippen LogP contribution is 2.18. The zero-order chi connectivity index (χ0) is 16.2. The average Bonchev–Trinajstić information content (AvgIpc) is 2.91. The van der Waals surface area contributed by atoms with Gasteiger partial charge in [0.15, 0.2) is 17.6 Å². The molecular weight excluding hydrogens is 288 g/mol. The van der Waals surface area contributed by atoms with E-state index in [4.69, 9.17) is 9.47 Å². The number of nitrogens with one attached hydrogen (secondary N) is 1. The van der Waals surface area contributed by atoms with Gasteiger partial charge in [-0.15, -0.1) is 0 Å². The summed E-state index contributed by atoms with van der Waals surface area (Å²) in [5.41, 5.74) is 2.36. The van der Waals surface area contributed by atoms with Crippen LogP contribution in [0.5, 0.6) is 11.5 Å². The molecule has 0 fully saturated rings. The number of hydrogen-bond acceptors (Lipinski definition) is 2. The Kier molecular flexibility index (Phi) is 4.51. The van der Waals surface area contributed by atoms with Crippen molar-refractivity contribution in [2.75, 3.05) is 7.11 Å². The lowest BCUT2D eigenvalue weighted by Gasteiger charge is -2.07. The number of aromatic amines is 1. The molecule has 3 rings (SSSR count). The molecule has 0 aliphatic rings. The van der Waals surface area contributed by atoms with E-state index in [0.717, 1.165) is 29.4 Å². The van der Waals surface area contributed by atoms with E-state index in [9.17, 15) is 0 Å². The molecule has 0 radical (unpaired) electrons. The minimum atomic E-state index is 0.508. The van der Waals surface area contributed by atoms with Crippen molar-refractivity contribution < 1.29 is 14.0 Å². The minimum Gasteiger partial charge on any atom is -0.497 e. The number of aromatic nitrogens is 2. The van der Waals surface area contributed by atoms with Crippen LogP contribution in [0.15, 0.2) is 48.5 Å². The average molecular weight is 311 g/mol. The maximum atomic E-state index is 5.94. The summed E-state index contributed by atoms with van der Waals surface area (Å²) < 4.78 is 13.4. The van der Waals surface area contributed by atoms with Crippen LogP contribution in [0.2, 0.25) is 0 Å². The van der Waals surface area contributed by atoms with E-state index in [1.807, 2.05) is 30.3 Å². The van der Waals surface area contributed by atoms with Gasteiger partial charge in [-0.05, 0) is 42.3 Å². The Hall–Kier alpha value is -2.49. The Morgan fingerprint density at radius 1 is 1.00 bits per heavy atom. The number of methoxy groups -OCH3 is 1. The Morgan fingerprint density at radius 3 is 2.39 bits per heavy atom. The maximum Gasteiger partial charge on any atom is 0.293 e. The predicted molar refractivity (Wildman–Crippen MR) is 90.7 cm³/mol. The predicted octanol–water partition coefficient (Wildman–Crippen LogP) is 3.70. The van der Waals surface area contributed by atoms with Gasteiger partial charge in [-0.1, -0.05) is 26.0 Å².